The van der Waals surface area contributed by atoms with E-state index in [1.54, 1.807) is 0 Å². The van der Waals surface area contributed by atoms with Crippen molar-refractivity contribution in [2.45, 2.75) is 51.6 Å². The predicted molar refractivity (Wildman–Crippen MR) is 86.5 cm³/mol. The molecular weight excluding hydrogens is 260 g/mol. The zero-order valence-corrected chi connectivity index (χ0v) is 13.3. The van der Waals surface area contributed by atoms with Gasteiger partial charge in [0.1, 0.15) is 12.4 Å². The van der Waals surface area contributed by atoms with Crippen LogP contribution in [0.3, 0.4) is 0 Å². The molecule has 1 aromatic carbocycles. The lowest BCUT2D eigenvalue weighted by Crippen LogP contribution is -2.52. The van der Waals surface area contributed by atoms with Crippen LogP contribution in [0.25, 0.3) is 0 Å². The first-order valence-electron chi connectivity index (χ1n) is 8.40. The Bertz CT molecular complexity index is 474. The highest BCUT2D eigenvalue weighted by molar-refractivity contribution is 5.38. The number of benzene rings is 1. The molecule has 0 amide bonds. The minimum absolute atomic E-state index is 0.0747. The number of piperidine rings is 1. The van der Waals surface area contributed by atoms with Crippen molar-refractivity contribution >= 4 is 0 Å². The second kappa shape index (κ2) is 5.98. The summed E-state index contributed by atoms with van der Waals surface area (Å²) in [7, 11) is 0. The van der Waals surface area contributed by atoms with E-state index in [-0.39, 0.29) is 6.04 Å². The van der Waals surface area contributed by atoms with Crippen LogP contribution in [-0.4, -0.2) is 30.6 Å². The maximum absolute atomic E-state index is 6.53. The Kier molecular flexibility index (Phi) is 4.23. The number of fused-ring (bicyclic) bond motifs is 1. The van der Waals surface area contributed by atoms with E-state index in [1.807, 2.05) is 12.1 Å². The number of nitrogens with two attached hydrogens (primary N) is 1. The standard InChI is InChI=1S/C18H28N2O/c1-3-18(4-2)9-11-20(12-10-18)15-13-21-16-8-6-5-7-14(16)17(15)19/h5-8,15,17H,3-4,9-13,19H2,1-2H3. The Labute approximate surface area is 128 Å². The average Bonchev–Trinajstić information content (AvgIpc) is 2.56. The van der Waals surface area contributed by atoms with E-state index in [9.17, 15) is 0 Å². The van der Waals surface area contributed by atoms with E-state index in [1.165, 1.54) is 25.7 Å². The van der Waals surface area contributed by atoms with E-state index in [0.717, 1.165) is 31.0 Å². The maximum atomic E-state index is 6.53. The Morgan fingerprint density at radius 3 is 2.52 bits per heavy atom. The van der Waals surface area contributed by atoms with Gasteiger partial charge < -0.3 is 10.5 Å². The summed E-state index contributed by atoms with van der Waals surface area (Å²) < 4.78 is 5.94. The van der Waals surface area contributed by atoms with Crippen molar-refractivity contribution in [3.8, 4) is 5.75 Å². The molecule has 2 heterocycles. The molecule has 0 aliphatic carbocycles. The monoisotopic (exact) mass is 288 g/mol. The third kappa shape index (κ3) is 2.69. The van der Waals surface area contributed by atoms with E-state index >= 15 is 0 Å². The van der Waals surface area contributed by atoms with E-state index < -0.39 is 0 Å². The van der Waals surface area contributed by atoms with Crippen LogP contribution in [-0.2, 0) is 0 Å². The number of hydrogen-bond donors (Lipinski definition) is 1. The Hall–Kier alpha value is -1.06. The highest BCUT2D eigenvalue weighted by atomic mass is 16.5. The fraction of sp³-hybridized carbons (Fsp3) is 0.667. The van der Waals surface area contributed by atoms with Gasteiger partial charge in [0.2, 0.25) is 0 Å². The normalized spacial score (nSPS) is 28.7. The van der Waals surface area contributed by atoms with Crippen LogP contribution < -0.4 is 10.5 Å². The molecule has 2 aliphatic heterocycles. The van der Waals surface area contributed by atoms with Crippen LogP contribution in [0.4, 0.5) is 0 Å². The molecule has 3 rings (SSSR count). The molecule has 0 spiro atoms. The molecule has 2 N–H and O–H groups in total. The van der Waals surface area contributed by atoms with E-state index in [0.29, 0.717) is 11.5 Å². The number of nitrogens with zero attached hydrogens (tertiary/aromatic N) is 1. The Morgan fingerprint density at radius 1 is 1.19 bits per heavy atom. The van der Waals surface area contributed by atoms with Crippen molar-refractivity contribution in [3.05, 3.63) is 29.8 Å². The molecule has 1 fully saturated rings. The summed E-state index contributed by atoms with van der Waals surface area (Å²) in [6.07, 6.45) is 5.19. The van der Waals surface area contributed by atoms with Gasteiger partial charge in [-0.05, 0) is 37.4 Å². The van der Waals surface area contributed by atoms with Crippen molar-refractivity contribution in [1.29, 1.82) is 0 Å². The number of likely N-dealkylation sites (tertiary alicyclic amines) is 1. The molecule has 0 radical (unpaired) electrons. The largest absolute Gasteiger partial charge is 0.492 e. The van der Waals surface area contributed by atoms with Crippen molar-refractivity contribution in [3.63, 3.8) is 0 Å². The number of para-hydroxylation sites is 1. The van der Waals surface area contributed by atoms with E-state index in [4.69, 9.17) is 10.5 Å². The fourth-order valence-corrected chi connectivity index (χ4v) is 3.99. The molecule has 1 aromatic rings. The van der Waals surface area contributed by atoms with Crippen molar-refractivity contribution in [2.24, 2.45) is 11.1 Å². The fourth-order valence-electron chi connectivity index (χ4n) is 3.99. The average molecular weight is 288 g/mol. The molecule has 0 saturated carbocycles. The zero-order valence-electron chi connectivity index (χ0n) is 13.3. The van der Waals surface area contributed by atoms with Gasteiger partial charge in [0, 0.05) is 5.56 Å². The van der Waals surface area contributed by atoms with Gasteiger partial charge in [-0.3, -0.25) is 4.90 Å². The third-order valence-corrected chi connectivity index (χ3v) is 5.93. The minimum Gasteiger partial charge on any atom is -0.492 e. The molecule has 1 saturated heterocycles. The maximum Gasteiger partial charge on any atom is 0.124 e. The summed E-state index contributed by atoms with van der Waals surface area (Å²) in [5.41, 5.74) is 8.26. The molecule has 3 nitrogen and oxygen atoms in total. The lowest BCUT2D eigenvalue weighted by atomic mass is 9.73. The molecule has 21 heavy (non-hydrogen) atoms. The molecular formula is C18H28N2O. The smallest absolute Gasteiger partial charge is 0.124 e. The summed E-state index contributed by atoms with van der Waals surface area (Å²) in [6, 6.07) is 8.61. The lowest BCUT2D eigenvalue weighted by molar-refractivity contribution is 0.0305. The molecule has 2 unspecified atom stereocenters. The van der Waals surface area contributed by atoms with Gasteiger partial charge in [0.25, 0.3) is 0 Å². The summed E-state index contributed by atoms with van der Waals surface area (Å²) in [6.45, 7) is 7.72. The van der Waals surface area contributed by atoms with Crippen molar-refractivity contribution < 1.29 is 4.74 Å². The summed E-state index contributed by atoms with van der Waals surface area (Å²) >= 11 is 0. The quantitative estimate of drug-likeness (QED) is 0.927. The van der Waals surface area contributed by atoms with Gasteiger partial charge in [-0.15, -0.1) is 0 Å². The van der Waals surface area contributed by atoms with Gasteiger partial charge in [-0.25, -0.2) is 0 Å². The zero-order chi connectivity index (χ0) is 14.9. The lowest BCUT2D eigenvalue weighted by Gasteiger charge is -2.46. The van der Waals surface area contributed by atoms with Crippen molar-refractivity contribution in [2.75, 3.05) is 19.7 Å². The van der Waals surface area contributed by atoms with Crippen LogP contribution in [0.5, 0.6) is 5.75 Å². The molecule has 3 heteroatoms. The first-order chi connectivity index (χ1) is 10.2. The molecule has 0 bridgehead atoms. The Morgan fingerprint density at radius 2 is 1.86 bits per heavy atom. The second-order valence-electron chi connectivity index (χ2n) is 6.69. The molecule has 2 atom stereocenters. The molecule has 2 aliphatic rings. The number of hydrogen-bond acceptors (Lipinski definition) is 3. The van der Waals surface area contributed by atoms with Crippen LogP contribution in [0.1, 0.15) is 51.1 Å². The first kappa shape index (κ1) is 14.9. The summed E-state index contributed by atoms with van der Waals surface area (Å²) in [5, 5.41) is 0. The SMILES string of the molecule is CCC1(CC)CCN(C2COc3ccccc3C2N)CC1. The van der Waals surface area contributed by atoms with Crippen LogP contribution >= 0.6 is 0 Å². The van der Waals surface area contributed by atoms with Crippen LogP contribution in [0.15, 0.2) is 24.3 Å². The van der Waals surface area contributed by atoms with Gasteiger partial charge in [-0.1, -0.05) is 44.9 Å². The minimum atomic E-state index is 0.0747. The van der Waals surface area contributed by atoms with Gasteiger partial charge in [0.15, 0.2) is 0 Å². The highest BCUT2D eigenvalue weighted by Crippen LogP contribution is 2.40. The van der Waals surface area contributed by atoms with Crippen molar-refractivity contribution in [1.82, 2.24) is 4.90 Å². The topological polar surface area (TPSA) is 38.5 Å². The Balaban J connectivity index is 1.70. The van der Waals surface area contributed by atoms with Gasteiger partial charge in [0.05, 0.1) is 12.1 Å². The molecule has 0 aromatic heterocycles. The van der Waals surface area contributed by atoms with E-state index in [2.05, 4.69) is 30.9 Å². The predicted octanol–water partition coefficient (Wildman–Crippen LogP) is 3.35. The van der Waals surface area contributed by atoms with Crippen LogP contribution in [0.2, 0.25) is 0 Å². The second-order valence-corrected chi connectivity index (χ2v) is 6.69. The first-order valence-corrected chi connectivity index (χ1v) is 8.40. The van der Waals surface area contributed by atoms with Crippen LogP contribution in [0, 0.1) is 5.41 Å². The van der Waals surface area contributed by atoms with Gasteiger partial charge >= 0.3 is 0 Å². The number of rotatable bonds is 3. The summed E-state index contributed by atoms with van der Waals surface area (Å²) in [5.74, 6) is 0.967. The summed E-state index contributed by atoms with van der Waals surface area (Å²) in [4.78, 5) is 2.56. The third-order valence-electron chi connectivity index (χ3n) is 5.93. The molecule has 116 valence electrons. The van der Waals surface area contributed by atoms with Gasteiger partial charge in [-0.2, -0.15) is 0 Å². The highest BCUT2D eigenvalue weighted by Gasteiger charge is 2.38. The number of ether oxygens (including phenoxy) is 1.